The van der Waals surface area contributed by atoms with Crippen molar-refractivity contribution in [2.24, 2.45) is 5.73 Å². The van der Waals surface area contributed by atoms with Crippen LogP contribution in [0.15, 0.2) is 24.3 Å². The van der Waals surface area contributed by atoms with Crippen molar-refractivity contribution in [3.05, 3.63) is 24.3 Å². The average molecular weight is 264 g/mol. The maximum atomic E-state index is 11.7. The third kappa shape index (κ3) is 5.87. The first kappa shape index (κ1) is 15.0. The minimum Gasteiger partial charge on any atom is -0.399 e. The van der Waals surface area contributed by atoms with Crippen LogP contribution in [0.1, 0.15) is 13.3 Å². The summed E-state index contributed by atoms with van der Waals surface area (Å²) in [6.45, 7) is 3.25. The van der Waals surface area contributed by atoms with Gasteiger partial charge in [0.2, 0.25) is 11.8 Å². The zero-order chi connectivity index (χ0) is 14.3. The molecule has 0 aliphatic carbocycles. The van der Waals surface area contributed by atoms with E-state index in [2.05, 4.69) is 5.32 Å². The second-order valence-corrected chi connectivity index (χ2v) is 4.26. The van der Waals surface area contributed by atoms with Gasteiger partial charge in [-0.25, -0.2) is 0 Å². The smallest absolute Gasteiger partial charge is 0.231 e. The van der Waals surface area contributed by atoms with Gasteiger partial charge in [-0.2, -0.15) is 0 Å². The Morgan fingerprint density at radius 3 is 2.68 bits per heavy atom. The highest BCUT2D eigenvalue weighted by molar-refractivity contribution is 5.91. The van der Waals surface area contributed by atoms with Crippen LogP contribution >= 0.6 is 0 Å². The van der Waals surface area contributed by atoms with Crippen LogP contribution in [0.2, 0.25) is 0 Å². The molecule has 0 aliphatic heterocycles. The van der Waals surface area contributed by atoms with Crippen molar-refractivity contribution in [2.45, 2.75) is 13.3 Å². The molecule has 2 amide bonds. The molecule has 0 aliphatic rings. The summed E-state index contributed by atoms with van der Waals surface area (Å²) in [5.41, 5.74) is 12.0. The monoisotopic (exact) mass is 264 g/mol. The molecule has 0 saturated heterocycles. The van der Waals surface area contributed by atoms with Crippen molar-refractivity contribution >= 4 is 23.2 Å². The lowest BCUT2D eigenvalue weighted by Crippen LogP contribution is -2.35. The van der Waals surface area contributed by atoms with Crippen LogP contribution in [0, 0.1) is 0 Å². The maximum Gasteiger partial charge on any atom is 0.231 e. The van der Waals surface area contributed by atoms with Crippen molar-refractivity contribution in [3.63, 3.8) is 0 Å². The third-order valence-corrected chi connectivity index (χ3v) is 2.65. The summed E-state index contributed by atoms with van der Waals surface area (Å²) >= 11 is 0. The number of nitrogens with two attached hydrogens (primary N) is 2. The van der Waals surface area contributed by atoms with Crippen LogP contribution in [-0.4, -0.2) is 36.3 Å². The van der Waals surface area contributed by atoms with Crippen LogP contribution in [0.4, 0.5) is 11.4 Å². The lowest BCUT2D eigenvalue weighted by atomic mass is 10.2. The summed E-state index contributed by atoms with van der Waals surface area (Å²) in [6, 6.07) is 6.99. The fourth-order valence-electron chi connectivity index (χ4n) is 1.67. The van der Waals surface area contributed by atoms with E-state index >= 15 is 0 Å². The average Bonchev–Trinajstić information content (AvgIpc) is 2.34. The van der Waals surface area contributed by atoms with Gasteiger partial charge >= 0.3 is 0 Å². The van der Waals surface area contributed by atoms with Crippen LogP contribution < -0.4 is 16.8 Å². The van der Waals surface area contributed by atoms with E-state index < -0.39 is 5.91 Å². The fraction of sp³-hybridized carbons (Fsp3) is 0.385. The van der Waals surface area contributed by atoms with Gasteiger partial charge in [0.1, 0.15) is 0 Å². The van der Waals surface area contributed by atoms with Gasteiger partial charge in [-0.3, -0.25) is 14.5 Å². The molecule has 0 unspecified atom stereocenters. The fourth-order valence-corrected chi connectivity index (χ4v) is 1.67. The highest BCUT2D eigenvalue weighted by Crippen LogP contribution is 2.11. The van der Waals surface area contributed by atoms with Gasteiger partial charge in [0.25, 0.3) is 0 Å². The second-order valence-electron chi connectivity index (χ2n) is 4.26. The number of benzene rings is 1. The molecular weight excluding hydrogens is 244 g/mol. The van der Waals surface area contributed by atoms with Crippen molar-refractivity contribution in [3.8, 4) is 0 Å². The van der Waals surface area contributed by atoms with Gasteiger partial charge in [-0.05, 0) is 24.7 Å². The largest absolute Gasteiger partial charge is 0.399 e. The van der Waals surface area contributed by atoms with Crippen molar-refractivity contribution < 1.29 is 9.59 Å². The van der Waals surface area contributed by atoms with E-state index in [4.69, 9.17) is 11.5 Å². The van der Waals surface area contributed by atoms with E-state index in [-0.39, 0.29) is 12.5 Å². The van der Waals surface area contributed by atoms with Crippen molar-refractivity contribution in [1.29, 1.82) is 0 Å². The molecule has 6 nitrogen and oxygen atoms in total. The molecule has 0 aromatic heterocycles. The van der Waals surface area contributed by atoms with E-state index in [1.165, 1.54) is 0 Å². The van der Waals surface area contributed by atoms with E-state index in [0.29, 0.717) is 30.9 Å². The number of hydrogen-bond donors (Lipinski definition) is 3. The standard InChI is InChI=1S/C13H20N4O2/c1-2-17(9-12(15)18)7-6-13(19)16-11-5-3-4-10(14)8-11/h3-5,8H,2,6-7,9,14H2,1H3,(H2,15,18)(H,16,19). The highest BCUT2D eigenvalue weighted by atomic mass is 16.2. The molecule has 19 heavy (non-hydrogen) atoms. The Kier molecular flexibility index (Phi) is 5.81. The summed E-state index contributed by atoms with van der Waals surface area (Å²) in [5.74, 6) is -0.508. The Labute approximate surface area is 112 Å². The molecule has 0 radical (unpaired) electrons. The quantitative estimate of drug-likeness (QED) is 0.620. The van der Waals surface area contributed by atoms with Gasteiger partial charge in [0.05, 0.1) is 6.54 Å². The zero-order valence-corrected chi connectivity index (χ0v) is 11.1. The van der Waals surface area contributed by atoms with Crippen molar-refractivity contribution in [2.75, 3.05) is 30.7 Å². The van der Waals surface area contributed by atoms with E-state index in [1.807, 2.05) is 11.8 Å². The summed E-state index contributed by atoms with van der Waals surface area (Å²) in [5, 5.41) is 2.75. The Balaban J connectivity index is 2.40. The predicted octanol–water partition coefficient (Wildman–Crippen LogP) is 0.405. The molecule has 6 heteroatoms. The third-order valence-electron chi connectivity index (χ3n) is 2.65. The van der Waals surface area contributed by atoms with Crippen LogP contribution in [0.5, 0.6) is 0 Å². The molecule has 0 spiro atoms. The summed E-state index contributed by atoms with van der Waals surface area (Å²) in [4.78, 5) is 24.4. The molecule has 1 aromatic rings. The van der Waals surface area contributed by atoms with E-state index in [0.717, 1.165) is 0 Å². The molecule has 0 heterocycles. The Morgan fingerprint density at radius 1 is 1.37 bits per heavy atom. The number of likely N-dealkylation sites (N-methyl/N-ethyl adjacent to an activating group) is 1. The summed E-state index contributed by atoms with van der Waals surface area (Å²) in [7, 11) is 0. The number of rotatable bonds is 7. The Hall–Kier alpha value is -2.08. The van der Waals surface area contributed by atoms with Gasteiger partial charge in [0.15, 0.2) is 0 Å². The lowest BCUT2D eigenvalue weighted by Gasteiger charge is -2.17. The number of carbonyl (C=O) groups excluding carboxylic acids is 2. The van der Waals surface area contributed by atoms with Crippen molar-refractivity contribution in [1.82, 2.24) is 4.90 Å². The predicted molar refractivity (Wildman–Crippen MR) is 75.4 cm³/mol. The van der Waals surface area contributed by atoms with Crippen LogP contribution in [0.25, 0.3) is 0 Å². The summed E-state index contributed by atoms with van der Waals surface area (Å²) < 4.78 is 0. The Bertz CT molecular complexity index is 448. The molecular formula is C13H20N4O2. The topological polar surface area (TPSA) is 101 Å². The number of primary amides is 1. The van der Waals surface area contributed by atoms with Gasteiger partial charge in [-0.15, -0.1) is 0 Å². The first-order valence-electron chi connectivity index (χ1n) is 6.17. The van der Waals surface area contributed by atoms with Gasteiger partial charge in [-0.1, -0.05) is 13.0 Å². The molecule has 1 aromatic carbocycles. The molecule has 0 fully saturated rings. The molecule has 0 atom stereocenters. The SMILES string of the molecule is CCN(CCC(=O)Nc1cccc(N)c1)CC(N)=O. The zero-order valence-electron chi connectivity index (χ0n) is 11.1. The van der Waals surface area contributed by atoms with Crippen LogP contribution in [0.3, 0.4) is 0 Å². The maximum absolute atomic E-state index is 11.7. The minimum absolute atomic E-state index is 0.117. The number of nitrogens with zero attached hydrogens (tertiary/aromatic N) is 1. The number of carbonyl (C=O) groups is 2. The second kappa shape index (κ2) is 7.38. The number of nitrogen functional groups attached to an aromatic ring is 1. The van der Waals surface area contributed by atoms with Gasteiger partial charge < -0.3 is 16.8 Å². The van der Waals surface area contributed by atoms with E-state index in [1.54, 1.807) is 24.3 Å². The van der Waals surface area contributed by atoms with Gasteiger partial charge in [0, 0.05) is 24.3 Å². The first-order chi connectivity index (χ1) is 9.01. The number of hydrogen-bond acceptors (Lipinski definition) is 4. The number of anilines is 2. The lowest BCUT2D eigenvalue weighted by molar-refractivity contribution is -0.120. The molecule has 0 saturated carbocycles. The highest BCUT2D eigenvalue weighted by Gasteiger charge is 2.09. The molecule has 5 N–H and O–H groups in total. The molecule has 1 rings (SSSR count). The number of amides is 2. The van der Waals surface area contributed by atoms with E-state index in [9.17, 15) is 9.59 Å². The van der Waals surface area contributed by atoms with Crippen LogP contribution in [-0.2, 0) is 9.59 Å². The normalized spacial score (nSPS) is 10.4. The summed E-state index contributed by atoms with van der Waals surface area (Å²) in [6.07, 6.45) is 0.302. The Morgan fingerprint density at radius 2 is 2.11 bits per heavy atom. The molecule has 104 valence electrons. The molecule has 0 bridgehead atoms. The number of nitrogens with one attached hydrogen (secondary N) is 1. The minimum atomic E-state index is -0.391. The first-order valence-corrected chi connectivity index (χ1v) is 6.17.